The number of aromatic carboxylic acids is 1. The van der Waals surface area contributed by atoms with Gasteiger partial charge in [0.2, 0.25) is 0 Å². The number of carboxylic acid groups (broad SMARTS) is 1. The van der Waals surface area contributed by atoms with Crippen LogP contribution in [-0.4, -0.2) is 11.1 Å². The van der Waals surface area contributed by atoms with Crippen LogP contribution >= 0.6 is 27.5 Å². The minimum atomic E-state index is -1.21. The molecule has 19 heavy (non-hydrogen) atoms. The van der Waals surface area contributed by atoms with E-state index < -0.39 is 11.8 Å². The van der Waals surface area contributed by atoms with Crippen molar-refractivity contribution in [3.63, 3.8) is 0 Å². The van der Waals surface area contributed by atoms with Crippen LogP contribution < -0.4 is 5.32 Å². The second kappa shape index (κ2) is 5.59. The Balaban J connectivity index is 2.49. The van der Waals surface area contributed by atoms with E-state index in [4.69, 9.17) is 16.7 Å². The molecule has 0 aromatic heterocycles. The number of carboxylic acids is 1. The smallest absolute Gasteiger partial charge is 0.337 e. The highest BCUT2D eigenvalue weighted by Crippen LogP contribution is 2.33. The van der Waals surface area contributed by atoms with Crippen LogP contribution in [0, 0.1) is 5.82 Å². The topological polar surface area (TPSA) is 49.3 Å². The van der Waals surface area contributed by atoms with Crippen LogP contribution in [0.5, 0.6) is 0 Å². The van der Waals surface area contributed by atoms with Crippen LogP contribution in [0.1, 0.15) is 10.4 Å². The van der Waals surface area contributed by atoms with Gasteiger partial charge in [-0.15, -0.1) is 0 Å². The monoisotopic (exact) mass is 343 g/mol. The van der Waals surface area contributed by atoms with Crippen molar-refractivity contribution in [1.29, 1.82) is 0 Å². The fraction of sp³-hybridized carbons (Fsp3) is 0. The lowest BCUT2D eigenvalue weighted by Gasteiger charge is -2.12. The van der Waals surface area contributed by atoms with Crippen molar-refractivity contribution in [2.75, 3.05) is 5.32 Å². The molecule has 2 rings (SSSR count). The normalized spacial score (nSPS) is 10.3. The van der Waals surface area contributed by atoms with E-state index in [1.165, 1.54) is 18.2 Å². The van der Waals surface area contributed by atoms with E-state index >= 15 is 0 Å². The number of carbonyl (C=O) groups is 1. The van der Waals surface area contributed by atoms with Gasteiger partial charge in [0.1, 0.15) is 5.82 Å². The molecular weight excluding hydrogens is 337 g/mol. The minimum Gasteiger partial charge on any atom is -0.478 e. The van der Waals surface area contributed by atoms with Crippen LogP contribution in [0.3, 0.4) is 0 Å². The Bertz CT molecular complexity index is 649. The zero-order valence-electron chi connectivity index (χ0n) is 9.45. The molecule has 0 saturated heterocycles. The van der Waals surface area contributed by atoms with Gasteiger partial charge in [0.15, 0.2) is 0 Å². The van der Waals surface area contributed by atoms with E-state index in [9.17, 15) is 9.18 Å². The quantitative estimate of drug-likeness (QED) is 0.849. The lowest BCUT2D eigenvalue weighted by Crippen LogP contribution is -2.05. The Morgan fingerprint density at radius 1 is 1.26 bits per heavy atom. The molecule has 3 nitrogen and oxygen atoms in total. The van der Waals surface area contributed by atoms with Crippen molar-refractivity contribution in [2.24, 2.45) is 0 Å². The standard InChI is InChI=1S/C13H8BrClFNO2/c14-11-8(15)4-2-6-10(11)17-12-7(13(18)19)3-1-5-9(12)16/h1-6,17H,(H,18,19). The molecule has 98 valence electrons. The zero-order valence-corrected chi connectivity index (χ0v) is 11.8. The first-order valence-electron chi connectivity index (χ1n) is 5.23. The molecule has 0 saturated carbocycles. The number of para-hydroxylation sites is 1. The molecule has 0 aliphatic carbocycles. The summed E-state index contributed by atoms with van der Waals surface area (Å²) in [7, 11) is 0. The number of hydrogen-bond acceptors (Lipinski definition) is 2. The number of anilines is 2. The number of benzene rings is 2. The van der Waals surface area contributed by atoms with Gasteiger partial charge in [-0.3, -0.25) is 0 Å². The van der Waals surface area contributed by atoms with Crippen LogP contribution in [-0.2, 0) is 0 Å². The van der Waals surface area contributed by atoms with Gasteiger partial charge < -0.3 is 10.4 Å². The van der Waals surface area contributed by atoms with E-state index in [1.807, 2.05) is 0 Å². The molecular formula is C13H8BrClFNO2. The maximum Gasteiger partial charge on any atom is 0.337 e. The Morgan fingerprint density at radius 3 is 2.63 bits per heavy atom. The molecule has 0 aliphatic rings. The highest BCUT2D eigenvalue weighted by atomic mass is 79.9. The molecule has 0 radical (unpaired) electrons. The summed E-state index contributed by atoms with van der Waals surface area (Å²) in [5, 5.41) is 12.2. The first-order chi connectivity index (χ1) is 9.00. The third-order valence-corrected chi connectivity index (χ3v) is 3.85. The average Bonchev–Trinajstić information content (AvgIpc) is 2.36. The summed E-state index contributed by atoms with van der Waals surface area (Å²) in [6, 6.07) is 8.86. The summed E-state index contributed by atoms with van der Waals surface area (Å²) in [5.41, 5.74) is 0.241. The highest BCUT2D eigenvalue weighted by molar-refractivity contribution is 9.10. The molecule has 0 atom stereocenters. The first kappa shape index (κ1) is 13.8. The summed E-state index contributed by atoms with van der Waals surface area (Å²) in [4.78, 5) is 11.1. The van der Waals surface area contributed by atoms with E-state index in [2.05, 4.69) is 21.2 Å². The predicted molar refractivity (Wildman–Crippen MR) is 75.8 cm³/mol. The number of nitrogens with one attached hydrogen (secondary N) is 1. The highest BCUT2D eigenvalue weighted by Gasteiger charge is 2.15. The van der Waals surface area contributed by atoms with E-state index in [1.54, 1.807) is 18.2 Å². The second-order valence-corrected chi connectivity index (χ2v) is 4.89. The van der Waals surface area contributed by atoms with Gasteiger partial charge in [0, 0.05) is 0 Å². The fourth-order valence-electron chi connectivity index (χ4n) is 1.56. The molecule has 6 heteroatoms. The number of halogens is 3. The first-order valence-corrected chi connectivity index (χ1v) is 6.40. The summed E-state index contributed by atoms with van der Waals surface area (Å²) in [6.07, 6.45) is 0. The van der Waals surface area contributed by atoms with Crippen LogP contribution in [0.2, 0.25) is 5.02 Å². The van der Waals surface area contributed by atoms with Crippen LogP contribution in [0.15, 0.2) is 40.9 Å². The molecule has 0 unspecified atom stereocenters. The number of hydrogen-bond donors (Lipinski definition) is 2. The predicted octanol–water partition coefficient (Wildman–Crippen LogP) is 4.68. The molecule has 0 heterocycles. The van der Waals surface area contributed by atoms with Crippen molar-refractivity contribution >= 4 is 44.9 Å². The van der Waals surface area contributed by atoms with Gasteiger partial charge in [-0.1, -0.05) is 23.7 Å². The summed E-state index contributed by atoms with van der Waals surface area (Å²) < 4.78 is 14.3. The van der Waals surface area contributed by atoms with Crippen molar-refractivity contribution in [3.05, 3.63) is 57.3 Å². The molecule has 2 aromatic rings. The second-order valence-electron chi connectivity index (χ2n) is 3.69. The van der Waals surface area contributed by atoms with Crippen LogP contribution in [0.4, 0.5) is 15.8 Å². The Morgan fingerprint density at radius 2 is 1.95 bits per heavy atom. The van der Waals surface area contributed by atoms with Gasteiger partial charge in [0.05, 0.1) is 26.4 Å². The van der Waals surface area contributed by atoms with E-state index in [0.717, 1.165) is 0 Å². The Labute approximate surface area is 122 Å². The average molecular weight is 345 g/mol. The largest absolute Gasteiger partial charge is 0.478 e. The summed E-state index contributed by atoms with van der Waals surface area (Å²) in [6.45, 7) is 0. The fourth-order valence-corrected chi connectivity index (χ4v) is 2.10. The maximum atomic E-state index is 13.8. The summed E-state index contributed by atoms with van der Waals surface area (Å²) in [5.74, 6) is -1.85. The van der Waals surface area contributed by atoms with Crippen molar-refractivity contribution in [3.8, 4) is 0 Å². The SMILES string of the molecule is O=C(O)c1cccc(F)c1Nc1cccc(Cl)c1Br. The minimum absolute atomic E-state index is 0.0991. The van der Waals surface area contributed by atoms with Crippen molar-refractivity contribution < 1.29 is 14.3 Å². The third kappa shape index (κ3) is 2.88. The molecule has 0 amide bonds. The third-order valence-electron chi connectivity index (χ3n) is 2.46. The number of rotatable bonds is 3. The molecule has 0 bridgehead atoms. The molecule has 0 fully saturated rings. The molecule has 2 N–H and O–H groups in total. The molecule has 2 aromatic carbocycles. The van der Waals surface area contributed by atoms with Crippen molar-refractivity contribution in [1.82, 2.24) is 0 Å². The Hall–Kier alpha value is -1.59. The van der Waals surface area contributed by atoms with E-state index in [-0.39, 0.29) is 11.3 Å². The zero-order chi connectivity index (χ0) is 14.0. The van der Waals surface area contributed by atoms with Gasteiger partial charge in [-0.2, -0.15) is 0 Å². The van der Waals surface area contributed by atoms with E-state index in [0.29, 0.717) is 15.2 Å². The van der Waals surface area contributed by atoms with Gasteiger partial charge in [0.25, 0.3) is 0 Å². The van der Waals surface area contributed by atoms with Crippen molar-refractivity contribution in [2.45, 2.75) is 0 Å². The Kier molecular flexibility index (Phi) is 4.07. The maximum absolute atomic E-state index is 13.8. The van der Waals surface area contributed by atoms with Gasteiger partial charge in [-0.05, 0) is 40.2 Å². The summed E-state index contributed by atoms with van der Waals surface area (Å²) >= 11 is 9.18. The molecule has 0 spiro atoms. The van der Waals surface area contributed by atoms with Crippen LogP contribution in [0.25, 0.3) is 0 Å². The lowest BCUT2D eigenvalue weighted by molar-refractivity contribution is 0.0697. The van der Waals surface area contributed by atoms with Gasteiger partial charge in [-0.25, -0.2) is 9.18 Å². The molecule has 0 aliphatic heterocycles. The lowest BCUT2D eigenvalue weighted by atomic mass is 10.1. The van der Waals surface area contributed by atoms with Gasteiger partial charge >= 0.3 is 5.97 Å².